The first-order valence-electron chi connectivity index (χ1n) is 11.9. The molecule has 1 aliphatic carbocycles. The first-order chi connectivity index (χ1) is 18.1. The molecule has 0 fully saturated rings. The summed E-state index contributed by atoms with van der Waals surface area (Å²) in [7, 11) is 1.37. The molecule has 0 bridgehead atoms. The normalized spacial score (nSPS) is 13.6. The van der Waals surface area contributed by atoms with Gasteiger partial charge in [-0.05, 0) is 38.8 Å². The molecule has 0 saturated heterocycles. The summed E-state index contributed by atoms with van der Waals surface area (Å²) in [5, 5.41) is 20.2. The molecule has 2 N–H and O–H groups in total. The minimum Gasteiger partial charge on any atom is -0.507 e. The fraction of sp³-hybridized carbons (Fsp3) is 0.194. The first kappa shape index (κ1) is 27.9. The molecular formula is C31H30O7. The van der Waals surface area contributed by atoms with Crippen LogP contribution in [0.3, 0.4) is 0 Å². The van der Waals surface area contributed by atoms with Crippen LogP contribution in [-0.4, -0.2) is 28.9 Å². The Labute approximate surface area is 220 Å². The molecular weight excluding hydrogens is 484 g/mol. The van der Waals surface area contributed by atoms with Crippen LogP contribution >= 0.6 is 0 Å². The SMILES string of the molecule is C=CC(C1=CC(=O)C(OC)=CC1=O)c1ccccc1.CC(C)=CCc1c(O)cc2oc(C)cc(=O)c2c1O. The number of hydrogen-bond acceptors (Lipinski definition) is 7. The summed E-state index contributed by atoms with van der Waals surface area (Å²) in [5.41, 5.74) is 2.64. The highest BCUT2D eigenvalue weighted by Gasteiger charge is 2.26. The van der Waals surface area contributed by atoms with Gasteiger partial charge in [0.25, 0.3) is 0 Å². The number of carbonyl (C=O) groups is 2. The summed E-state index contributed by atoms with van der Waals surface area (Å²) >= 11 is 0. The van der Waals surface area contributed by atoms with Gasteiger partial charge in [0, 0.05) is 35.3 Å². The number of ether oxygens (including phenoxy) is 1. The Balaban J connectivity index is 0.000000211. The van der Waals surface area contributed by atoms with E-state index in [0.29, 0.717) is 23.3 Å². The lowest BCUT2D eigenvalue weighted by molar-refractivity contribution is -0.117. The van der Waals surface area contributed by atoms with Crippen LogP contribution in [0.1, 0.15) is 36.7 Å². The minimum atomic E-state index is -0.310. The van der Waals surface area contributed by atoms with Crippen molar-refractivity contribution in [2.75, 3.05) is 7.11 Å². The number of aryl methyl sites for hydroxylation is 1. The molecule has 0 saturated carbocycles. The summed E-state index contributed by atoms with van der Waals surface area (Å²) in [4.78, 5) is 35.7. The summed E-state index contributed by atoms with van der Waals surface area (Å²) in [6, 6.07) is 12.2. The van der Waals surface area contributed by atoms with Gasteiger partial charge in [0.1, 0.15) is 28.2 Å². The van der Waals surface area contributed by atoms with E-state index in [0.717, 1.165) is 11.1 Å². The van der Waals surface area contributed by atoms with Gasteiger partial charge in [-0.2, -0.15) is 0 Å². The van der Waals surface area contributed by atoms with E-state index in [1.807, 2.05) is 50.3 Å². The number of methoxy groups -OCH3 is 1. The topological polar surface area (TPSA) is 114 Å². The Morgan fingerprint density at radius 1 is 1.05 bits per heavy atom. The smallest absolute Gasteiger partial charge is 0.220 e. The van der Waals surface area contributed by atoms with E-state index in [1.165, 1.54) is 31.4 Å². The molecule has 7 nitrogen and oxygen atoms in total. The van der Waals surface area contributed by atoms with Crippen LogP contribution in [0.25, 0.3) is 11.0 Å². The van der Waals surface area contributed by atoms with Crippen molar-refractivity contribution in [1.82, 2.24) is 0 Å². The quantitative estimate of drug-likeness (QED) is 0.326. The van der Waals surface area contributed by atoms with Gasteiger partial charge in [0.2, 0.25) is 5.78 Å². The molecule has 1 atom stereocenters. The fourth-order valence-corrected chi connectivity index (χ4v) is 4.02. The van der Waals surface area contributed by atoms with Crippen molar-refractivity contribution in [3.05, 3.63) is 117 Å². The van der Waals surface area contributed by atoms with Crippen molar-refractivity contribution < 1.29 is 29.0 Å². The van der Waals surface area contributed by atoms with Crippen molar-refractivity contribution in [2.45, 2.75) is 33.1 Å². The molecule has 1 unspecified atom stereocenters. The van der Waals surface area contributed by atoms with Gasteiger partial charge in [-0.25, -0.2) is 0 Å². The van der Waals surface area contributed by atoms with Crippen LogP contribution in [0, 0.1) is 6.92 Å². The molecule has 38 heavy (non-hydrogen) atoms. The van der Waals surface area contributed by atoms with Crippen molar-refractivity contribution in [1.29, 1.82) is 0 Å². The lowest BCUT2D eigenvalue weighted by Crippen LogP contribution is -2.18. The average molecular weight is 515 g/mol. The van der Waals surface area contributed by atoms with E-state index in [4.69, 9.17) is 9.15 Å². The molecule has 3 aromatic rings. The Bertz CT molecular complexity index is 1530. The fourth-order valence-electron chi connectivity index (χ4n) is 4.02. The standard InChI is InChI=1S/C16H14O3.C15H16O4/c1-3-12(11-7-5-4-6-8-11)13-9-15(18)16(19-2)10-14(13)17;1-8(2)4-5-10-11(16)7-13-14(15(10)18)12(17)6-9(3)19-13/h3-10,12H,1H2,2H3;4,6-7,16,18H,5H2,1-3H3. The second kappa shape index (κ2) is 12.1. The molecule has 4 rings (SSSR count). The van der Waals surface area contributed by atoms with Gasteiger partial charge < -0.3 is 19.4 Å². The van der Waals surface area contributed by atoms with Crippen LogP contribution < -0.4 is 5.43 Å². The number of allylic oxidation sites excluding steroid dienone is 6. The zero-order valence-corrected chi connectivity index (χ0v) is 21.8. The molecule has 1 aliphatic rings. The second-order valence-electron chi connectivity index (χ2n) is 8.97. The third kappa shape index (κ3) is 6.18. The van der Waals surface area contributed by atoms with Crippen LogP contribution in [0.4, 0.5) is 0 Å². The van der Waals surface area contributed by atoms with Gasteiger partial charge in [-0.15, -0.1) is 6.58 Å². The third-order valence-electron chi connectivity index (χ3n) is 5.94. The Morgan fingerprint density at radius 3 is 2.34 bits per heavy atom. The molecule has 1 heterocycles. The number of carbonyl (C=O) groups excluding carboxylic acids is 2. The molecule has 2 aromatic carbocycles. The second-order valence-corrected chi connectivity index (χ2v) is 8.97. The van der Waals surface area contributed by atoms with Crippen LogP contribution in [0.15, 0.2) is 99.5 Å². The molecule has 196 valence electrons. The zero-order chi connectivity index (χ0) is 28.0. The molecule has 1 aromatic heterocycles. The predicted octanol–water partition coefficient (Wildman–Crippen LogP) is 5.59. The van der Waals surface area contributed by atoms with Crippen molar-refractivity contribution in [3.8, 4) is 11.5 Å². The molecule has 0 spiro atoms. The van der Waals surface area contributed by atoms with Crippen LogP contribution in [-0.2, 0) is 20.7 Å². The zero-order valence-electron chi connectivity index (χ0n) is 21.8. The van der Waals surface area contributed by atoms with E-state index in [-0.39, 0.29) is 51.1 Å². The predicted molar refractivity (Wildman–Crippen MR) is 146 cm³/mol. The molecule has 0 amide bonds. The Kier molecular flexibility index (Phi) is 8.86. The van der Waals surface area contributed by atoms with Crippen LogP contribution in [0.5, 0.6) is 11.5 Å². The number of rotatable bonds is 6. The van der Waals surface area contributed by atoms with Gasteiger partial charge in [-0.1, -0.05) is 48.1 Å². The Hall–Kier alpha value is -4.65. The minimum absolute atomic E-state index is 0.0729. The van der Waals surface area contributed by atoms with Gasteiger partial charge >= 0.3 is 0 Å². The number of ketones is 2. The summed E-state index contributed by atoms with van der Waals surface area (Å²) in [6.07, 6.45) is 6.47. The molecule has 7 heteroatoms. The largest absolute Gasteiger partial charge is 0.507 e. The average Bonchev–Trinajstić information content (AvgIpc) is 2.86. The number of benzene rings is 2. The van der Waals surface area contributed by atoms with E-state index in [9.17, 15) is 24.6 Å². The van der Waals surface area contributed by atoms with E-state index >= 15 is 0 Å². The lowest BCUT2D eigenvalue weighted by Gasteiger charge is -2.18. The highest BCUT2D eigenvalue weighted by atomic mass is 16.5. The number of fused-ring (bicyclic) bond motifs is 1. The maximum Gasteiger partial charge on any atom is 0.220 e. The molecule has 0 aliphatic heterocycles. The third-order valence-corrected chi connectivity index (χ3v) is 5.94. The maximum absolute atomic E-state index is 12.1. The van der Waals surface area contributed by atoms with E-state index in [1.54, 1.807) is 13.0 Å². The number of phenolic OH excluding ortho intramolecular Hbond substituents is 2. The van der Waals surface area contributed by atoms with Crippen LogP contribution in [0.2, 0.25) is 0 Å². The lowest BCUT2D eigenvalue weighted by atomic mass is 9.85. The van der Waals surface area contributed by atoms with Crippen molar-refractivity contribution >= 4 is 22.5 Å². The highest BCUT2D eigenvalue weighted by molar-refractivity contribution is 6.19. The number of hydrogen-bond donors (Lipinski definition) is 2. The number of phenols is 2. The molecule has 0 radical (unpaired) electrons. The first-order valence-corrected chi connectivity index (χ1v) is 11.9. The number of aromatic hydroxyl groups is 2. The van der Waals surface area contributed by atoms with Gasteiger partial charge in [0.05, 0.1) is 7.11 Å². The van der Waals surface area contributed by atoms with Gasteiger partial charge in [-0.3, -0.25) is 14.4 Å². The van der Waals surface area contributed by atoms with Gasteiger partial charge in [0.15, 0.2) is 17.0 Å². The monoisotopic (exact) mass is 514 g/mol. The van der Waals surface area contributed by atoms with E-state index < -0.39 is 0 Å². The summed E-state index contributed by atoms with van der Waals surface area (Å²) < 4.78 is 10.2. The summed E-state index contributed by atoms with van der Waals surface area (Å²) in [6.45, 7) is 9.25. The highest BCUT2D eigenvalue weighted by Crippen LogP contribution is 2.35. The maximum atomic E-state index is 12.1. The van der Waals surface area contributed by atoms with Crippen molar-refractivity contribution in [2.24, 2.45) is 0 Å². The van der Waals surface area contributed by atoms with E-state index in [2.05, 4.69) is 6.58 Å². The Morgan fingerprint density at radius 2 is 1.74 bits per heavy atom. The van der Waals surface area contributed by atoms with Crippen molar-refractivity contribution in [3.63, 3.8) is 0 Å². The summed E-state index contributed by atoms with van der Waals surface area (Å²) in [5.74, 6) is -0.562.